The Morgan fingerprint density at radius 3 is 2.38 bits per heavy atom. The van der Waals surface area contributed by atoms with Gasteiger partial charge in [-0.3, -0.25) is 9.59 Å². The number of likely N-dealkylation sites (tertiary alicyclic amines) is 1. The van der Waals surface area contributed by atoms with Gasteiger partial charge < -0.3 is 14.8 Å². The number of pyridine rings is 1. The van der Waals surface area contributed by atoms with E-state index in [1.165, 1.54) is 41.1 Å². The molecule has 1 amide bonds. The lowest BCUT2D eigenvalue weighted by Crippen LogP contribution is -2.38. The molecule has 34 heavy (non-hydrogen) atoms. The molecule has 3 aromatic rings. The highest BCUT2D eigenvalue weighted by Gasteiger charge is 2.27. The number of piperidine rings is 1. The number of anilines is 2. The van der Waals surface area contributed by atoms with Crippen LogP contribution in [-0.2, 0) is 6.54 Å². The van der Waals surface area contributed by atoms with Crippen molar-refractivity contribution in [3.05, 3.63) is 93.4 Å². The molecule has 2 aromatic carbocycles. The zero-order valence-electron chi connectivity index (χ0n) is 18.7. The normalized spacial score (nSPS) is 14.0. The average Bonchev–Trinajstić information content (AvgIpc) is 2.83. The molecule has 0 spiro atoms. The van der Waals surface area contributed by atoms with Crippen LogP contribution < -0.4 is 10.9 Å². The van der Waals surface area contributed by atoms with Crippen LogP contribution in [0.25, 0.3) is 0 Å². The van der Waals surface area contributed by atoms with Crippen molar-refractivity contribution in [3.63, 3.8) is 0 Å². The van der Waals surface area contributed by atoms with Crippen LogP contribution in [0.1, 0.15) is 40.2 Å². The number of halogens is 2. The lowest BCUT2D eigenvalue weighted by atomic mass is 9.89. The number of nitrogens with zero attached hydrogens (tertiary/aromatic N) is 3. The van der Waals surface area contributed by atoms with Crippen molar-refractivity contribution >= 4 is 17.3 Å². The van der Waals surface area contributed by atoms with Gasteiger partial charge in [-0.25, -0.2) is 8.78 Å². The van der Waals surface area contributed by atoms with Gasteiger partial charge in [0.05, 0.1) is 17.3 Å². The van der Waals surface area contributed by atoms with Crippen LogP contribution in [-0.4, -0.2) is 28.5 Å². The van der Waals surface area contributed by atoms with Gasteiger partial charge in [0.25, 0.3) is 11.5 Å². The molecular formula is C26H24F2N4O2. The third-order valence-electron chi connectivity index (χ3n) is 6.18. The van der Waals surface area contributed by atoms with Gasteiger partial charge in [-0.15, -0.1) is 0 Å². The van der Waals surface area contributed by atoms with E-state index in [2.05, 4.69) is 5.32 Å². The number of aryl methyl sites for hydroxylation is 1. The van der Waals surface area contributed by atoms with E-state index in [4.69, 9.17) is 5.26 Å². The summed E-state index contributed by atoms with van der Waals surface area (Å²) in [6.07, 6.45) is 2.87. The molecule has 0 aliphatic carbocycles. The molecule has 0 radical (unpaired) electrons. The van der Waals surface area contributed by atoms with E-state index < -0.39 is 5.56 Å². The first-order valence-corrected chi connectivity index (χ1v) is 11.0. The molecular weight excluding hydrogens is 438 g/mol. The molecule has 1 aliphatic heterocycles. The van der Waals surface area contributed by atoms with E-state index in [9.17, 15) is 18.4 Å². The van der Waals surface area contributed by atoms with Gasteiger partial charge in [0.2, 0.25) is 0 Å². The van der Waals surface area contributed by atoms with Crippen molar-refractivity contribution in [2.45, 2.75) is 32.2 Å². The van der Waals surface area contributed by atoms with Gasteiger partial charge in [0.1, 0.15) is 18.2 Å². The van der Waals surface area contributed by atoms with Gasteiger partial charge in [0.15, 0.2) is 0 Å². The Morgan fingerprint density at radius 2 is 1.74 bits per heavy atom. The van der Waals surface area contributed by atoms with E-state index in [0.717, 1.165) is 18.4 Å². The molecule has 174 valence electrons. The van der Waals surface area contributed by atoms with Crippen LogP contribution in [0.3, 0.4) is 0 Å². The SMILES string of the molecule is Cc1cc(F)ccc1Nc1cc(=O)n(CC#N)cc1C(=O)N1CCC(c2ccc(F)cc2)CC1. The molecule has 0 bridgehead atoms. The summed E-state index contributed by atoms with van der Waals surface area (Å²) in [6.45, 7) is 2.56. The highest BCUT2D eigenvalue weighted by atomic mass is 19.1. The summed E-state index contributed by atoms with van der Waals surface area (Å²) >= 11 is 0. The minimum absolute atomic E-state index is 0.179. The van der Waals surface area contributed by atoms with Crippen LogP contribution in [0.15, 0.2) is 59.5 Å². The van der Waals surface area contributed by atoms with E-state index in [1.54, 1.807) is 30.0 Å². The molecule has 1 N–H and O–H groups in total. The molecule has 0 atom stereocenters. The van der Waals surface area contributed by atoms with Gasteiger partial charge in [-0.05, 0) is 67.1 Å². The second kappa shape index (κ2) is 9.87. The Labute approximate surface area is 196 Å². The molecule has 4 rings (SSSR count). The first kappa shape index (κ1) is 23.2. The summed E-state index contributed by atoms with van der Waals surface area (Å²) < 4.78 is 28.0. The second-order valence-corrected chi connectivity index (χ2v) is 8.43. The van der Waals surface area contributed by atoms with Crippen molar-refractivity contribution in [3.8, 4) is 6.07 Å². The predicted molar refractivity (Wildman–Crippen MR) is 125 cm³/mol. The van der Waals surface area contributed by atoms with Gasteiger partial charge >= 0.3 is 0 Å². The topological polar surface area (TPSA) is 78.1 Å². The summed E-state index contributed by atoms with van der Waals surface area (Å²) in [5.74, 6) is -0.684. The first-order chi connectivity index (χ1) is 16.4. The standard InChI is InChI=1S/C26H24F2N4O2/c1-17-14-21(28)6-7-23(17)30-24-15-25(33)32(13-10-29)16-22(24)26(34)31-11-8-19(9-12-31)18-2-4-20(27)5-3-18/h2-7,14-16,19,30H,8-9,11-13H2,1H3. The fraction of sp³-hybridized carbons (Fsp3) is 0.269. The van der Waals surface area contributed by atoms with Crippen LogP contribution in [0.5, 0.6) is 0 Å². The number of carbonyl (C=O) groups excluding carboxylic acids is 1. The van der Waals surface area contributed by atoms with Crippen molar-refractivity contribution < 1.29 is 13.6 Å². The van der Waals surface area contributed by atoms with Crippen molar-refractivity contribution in [1.82, 2.24) is 9.47 Å². The Bertz CT molecular complexity index is 1300. The number of rotatable bonds is 5. The minimum atomic E-state index is -0.421. The predicted octanol–water partition coefficient (Wildman–Crippen LogP) is 4.72. The second-order valence-electron chi connectivity index (χ2n) is 8.43. The maximum atomic E-state index is 13.5. The van der Waals surface area contributed by atoms with Crippen LogP contribution in [0.4, 0.5) is 20.2 Å². The summed E-state index contributed by atoms with van der Waals surface area (Å²) in [5, 5.41) is 12.2. The molecule has 0 unspecified atom stereocenters. The molecule has 8 heteroatoms. The fourth-order valence-electron chi connectivity index (χ4n) is 4.28. The lowest BCUT2D eigenvalue weighted by Gasteiger charge is -2.33. The Morgan fingerprint density at radius 1 is 1.06 bits per heavy atom. The zero-order valence-corrected chi connectivity index (χ0v) is 18.7. The third kappa shape index (κ3) is 4.99. The number of carbonyl (C=O) groups is 1. The monoisotopic (exact) mass is 462 g/mol. The smallest absolute Gasteiger partial charge is 0.257 e. The first-order valence-electron chi connectivity index (χ1n) is 11.0. The van der Waals surface area contributed by atoms with Gasteiger partial charge in [0, 0.05) is 31.0 Å². The van der Waals surface area contributed by atoms with Crippen molar-refractivity contribution in [2.24, 2.45) is 0 Å². The fourth-order valence-corrected chi connectivity index (χ4v) is 4.28. The third-order valence-corrected chi connectivity index (χ3v) is 6.18. The van der Waals surface area contributed by atoms with Gasteiger partial charge in [-0.2, -0.15) is 5.26 Å². The number of hydrogen-bond acceptors (Lipinski definition) is 4. The minimum Gasteiger partial charge on any atom is -0.354 e. The largest absolute Gasteiger partial charge is 0.354 e. The maximum Gasteiger partial charge on any atom is 0.257 e. The number of nitriles is 1. The Kier molecular flexibility index (Phi) is 6.73. The molecule has 1 saturated heterocycles. The molecule has 2 heterocycles. The van der Waals surface area contributed by atoms with Crippen LogP contribution in [0, 0.1) is 29.9 Å². The number of amides is 1. The van der Waals surface area contributed by atoms with E-state index >= 15 is 0 Å². The van der Waals surface area contributed by atoms with Crippen LogP contribution >= 0.6 is 0 Å². The van der Waals surface area contributed by atoms with Crippen molar-refractivity contribution in [2.75, 3.05) is 18.4 Å². The van der Waals surface area contributed by atoms with E-state index in [-0.39, 0.29) is 35.6 Å². The summed E-state index contributed by atoms with van der Waals surface area (Å²) in [6, 6.07) is 13.9. The molecule has 6 nitrogen and oxygen atoms in total. The maximum absolute atomic E-state index is 13.5. The van der Waals surface area contributed by atoms with E-state index in [0.29, 0.717) is 30.0 Å². The number of nitrogens with one attached hydrogen (secondary N) is 1. The summed E-state index contributed by atoms with van der Waals surface area (Å²) in [7, 11) is 0. The summed E-state index contributed by atoms with van der Waals surface area (Å²) in [5.41, 5.74) is 2.39. The Balaban J connectivity index is 1.59. The molecule has 0 saturated carbocycles. The van der Waals surface area contributed by atoms with Gasteiger partial charge in [-0.1, -0.05) is 12.1 Å². The highest BCUT2D eigenvalue weighted by molar-refractivity contribution is 6.00. The zero-order chi connectivity index (χ0) is 24.2. The summed E-state index contributed by atoms with van der Waals surface area (Å²) in [4.78, 5) is 27.7. The lowest BCUT2D eigenvalue weighted by molar-refractivity contribution is 0.0713. The quantitative estimate of drug-likeness (QED) is 0.595. The van der Waals surface area contributed by atoms with Crippen molar-refractivity contribution in [1.29, 1.82) is 5.26 Å². The van der Waals surface area contributed by atoms with Crippen LogP contribution in [0.2, 0.25) is 0 Å². The average molecular weight is 463 g/mol. The molecule has 1 aliphatic rings. The number of benzene rings is 2. The molecule has 1 fully saturated rings. The highest BCUT2D eigenvalue weighted by Crippen LogP contribution is 2.30. The van der Waals surface area contributed by atoms with E-state index in [1.807, 2.05) is 6.07 Å². The number of hydrogen-bond donors (Lipinski definition) is 1. The molecule has 1 aromatic heterocycles. The number of aromatic nitrogens is 1. The Hall–Kier alpha value is -3.99.